The van der Waals surface area contributed by atoms with Crippen LogP contribution in [-0.4, -0.2) is 37.1 Å². The van der Waals surface area contributed by atoms with Crippen molar-refractivity contribution in [3.05, 3.63) is 57.9 Å². The molecule has 1 aliphatic heterocycles. The number of nitrogens with one attached hydrogen (secondary N) is 1. The summed E-state index contributed by atoms with van der Waals surface area (Å²) in [6, 6.07) is 5.35. The van der Waals surface area contributed by atoms with Gasteiger partial charge in [0.1, 0.15) is 15.8 Å². The van der Waals surface area contributed by atoms with Gasteiger partial charge in [0, 0.05) is 18.8 Å². The Labute approximate surface area is 167 Å². The van der Waals surface area contributed by atoms with Crippen molar-refractivity contribution in [3.8, 4) is 0 Å². The molecule has 6 nitrogen and oxygen atoms in total. The molecule has 1 amide bonds. The number of anilines is 1. The predicted octanol–water partition coefficient (Wildman–Crippen LogP) is 3.29. The summed E-state index contributed by atoms with van der Waals surface area (Å²) < 4.78 is 1.97. The molecule has 1 N–H and O–H groups in total. The minimum atomic E-state index is -0.249. The van der Waals surface area contributed by atoms with Gasteiger partial charge in [0.15, 0.2) is 0 Å². The summed E-state index contributed by atoms with van der Waals surface area (Å²) in [5, 5.41) is 3.09. The number of thioether (sulfide) groups is 1. The fourth-order valence-corrected chi connectivity index (χ4v) is 4.15. The molecule has 1 saturated heterocycles. The van der Waals surface area contributed by atoms with Crippen LogP contribution in [0, 0.1) is 0 Å². The van der Waals surface area contributed by atoms with Crippen LogP contribution in [0.4, 0.5) is 5.82 Å². The number of aromatic nitrogens is 2. The molecule has 8 heteroatoms. The third kappa shape index (κ3) is 3.68. The van der Waals surface area contributed by atoms with Crippen molar-refractivity contribution in [2.75, 3.05) is 11.9 Å². The molecule has 0 aromatic carbocycles. The number of carbonyl (C=O) groups is 1. The van der Waals surface area contributed by atoms with Crippen molar-refractivity contribution in [2.45, 2.75) is 26.3 Å². The number of hydrogen-bond donors (Lipinski definition) is 1. The summed E-state index contributed by atoms with van der Waals surface area (Å²) in [6.07, 6.45) is 5.72. The summed E-state index contributed by atoms with van der Waals surface area (Å²) >= 11 is 6.58. The van der Waals surface area contributed by atoms with Crippen LogP contribution in [-0.2, 0) is 4.79 Å². The summed E-state index contributed by atoms with van der Waals surface area (Å²) in [5.41, 5.74) is 0.601. The van der Waals surface area contributed by atoms with Gasteiger partial charge in [-0.25, -0.2) is 4.98 Å². The Morgan fingerprint density at radius 1 is 1.41 bits per heavy atom. The molecular formula is C19H20N4O2S2. The molecule has 1 aliphatic rings. The van der Waals surface area contributed by atoms with Gasteiger partial charge >= 0.3 is 0 Å². The summed E-state index contributed by atoms with van der Waals surface area (Å²) in [5.74, 6) is 0.242. The van der Waals surface area contributed by atoms with E-state index in [1.807, 2.05) is 19.9 Å². The zero-order valence-corrected chi connectivity index (χ0v) is 16.8. The number of carbonyl (C=O) groups excluding carboxylic acids is 1. The number of nitrogens with zero attached hydrogens (tertiary/aromatic N) is 3. The van der Waals surface area contributed by atoms with Gasteiger partial charge < -0.3 is 5.32 Å². The number of thiocarbonyl (C=S) groups is 1. The highest BCUT2D eigenvalue weighted by Gasteiger charge is 2.35. The average molecular weight is 401 g/mol. The minimum Gasteiger partial charge on any atom is -0.366 e. The molecule has 0 bridgehead atoms. The lowest BCUT2D eigenvalue weighted by Gasteiger charge is -2.21. The van der Waals surface area contributed by atoms with Gasteiger partial charge in [-0.3, -0.25) is 18.9 Å². The maximum Gasteiger partial charge on any atom is 0.267 e. The molecule has 140 valence electrons. The molecule has 27 heavy (non-hydrogen) atoms. The summed E-state index contributed by atoms with van der Waals surface area (Å²) in [7, 11) is 0. The molecule has 2 aromatic rings. The fourth-order valence-electron chi connectivity index (χ4n) is 2.71. The zero-order chi connectivity index (χ0) is 19.6. The van der Waals surface area contributed by atoms with Crippen molar-refractivity contribution in [2.24, 2.45) is 0 Å². The Hall–Kier alpha value is -2.45. The van der Waals surface area contributed by atoms with E-state index in [-0.39, 0.29) is 17.5 Å². The molecule has 1 fully saturated rings. The maximum atomic E-state index is 13.0. The highest BCUT2D eigenvalue weighted by atomic mass is 32.2. The molecule has 1 unspecified atom stereocenters. The largest absolute Gasteiger partial charge is 0.366 e. The Bertz CT molecular complexity index is 1010. The molecule has 0 radical (unpaired) electrons. The third-order valence-corrected chi connectivity index (χ3v) is 5.64. The van der Waals surface area contributed by atoms with E-state index in [0.29, 0.717) is 32.8 Å². The van der Waals surface area contributed by atoms with Gasteiger partial charge in [-0.15, -0.1) is 6.58 Å². The van der Waals surface area contributed by atoms with Crippen LogP contribution in [0.1, 0.15) is 25.8 Å². The smallest absolute Gasteiger partial charge is 0.267 e. The topological polar surface area (TPSA) is 66.7 Å². The lowest BCUT2D eigenvalue weighted by Crippen LogP contribution is -2.36. The molecule has 0 saturated carbocycles. The van der Waals surface area contributed by atoms with Crippen LogP contribution in [0.25, 0.3) is 11.7 Å². The van der Waals surface area contributed by atoms with E-state index in [9.17, 15) is 9.59 Å². The quantitative estimate of drug-likeness (QED) is 0.456. The van der Waals surface area contributed by atoms with E-state index >= 15 is 0 Å². The minimum absolute atomic E-state index is 0.0117. The van der Waals surface area contributed by atoms with Gasteiger partial charge in [-0.1, -0.05) is 43.0 Å². The lowest BCUT2D eigenvalue weighted by atomic mass is 10.2. The van der Waals surface area contributed by atoms with Gasteiger partial charge in [0.25, 0.3) is 11.5 Å². The van der Waals surface area contributed by atoms with Crippen LogP contribution in [0.2, 0.25) is 0 Å². The third-order valence-electron chi connectivity index (χ3n) is 4.31. The van der Waals surface area contributed by atoms with E-state index < -0.39 is 0 Å². The Kier molecular flexibility index (Phi) is 5.76. The van der Waals surface area contributed by atoms with E-state index in [4.69, 9.17) is 12.2 Å². The van der Waals surface area contributed by atoms with E-state index in [1.165, 1.54) is 16.2 Å². The van der Waals surface area contributed by atoms with Crippen LogP contribution in [0.15, 0.2) is 46.8 Å². The highest BCUT2D eigenvalue weighted by molar-refractivity contribution is 8.26. The first-order valence-corrected chi connectivity index (χ1v) is 9.83. The van der Waals surface area contributed by atoms with E-state index in [0.717, 1.165) is 6.42 Å². The van der Waals surface area contributed by atoms with E-state index in [2.05, 4.69) is 16.9 Å². The fraction of sp³-hybridized carbons (Fsp3) is 0.263. The van der Waals surface area contributed by atoms with Gasteiger partial charge in [0.2, 0.25) is 0 Å². The first-order valence-electron chi connectivity index (χ1n) is 8.61. The molecule has 1 atom stereocenters. The molecule has 3 heterocycles. The number of pyridine rings is 1. The normalized spacial score (nSPS) is 17.0. The highest BCUT2D eigenvalue weighted by Crippen LogP contribution is 2.34. The van der Waals surface area contributed by atoms with Crippen molar-refractivity contribution in [1.82, 2.24) is 14.3 Å². The second kappa shape index (κ2) is 8.06. The van der Waals surface area contributed by atoms with Crippen molar-refractivity contribution >= 4 is 51.7 Å². The maximum absolute atomic E-state index is 13.0. The molecule has 0 aliphatic carbocycles. The number of fused-ring (bicyclic) bond motifs is 1. The average Bonchev–Trinajstić information content (AvgIpc) is 2.95. The SMILES string of the molecule is C=CCNc1nc2ccccn2c(=O)c1/C=C1\SC(=S)N(C(C)CC)C1=O. The van der Waals surface area contributed by atoms with Gasteiger partial charge in [-0.05, 0) is 31.6 Å². The summed E-state index contributed by atoms with van der Waals surface area (Å²) in [4.78, 5) is 32.4. The predicted molar refractivity (Wildman–Crippen MR) is 115 cm³/mol. The van der Waals surface area contributed by atoms with Crippen LogP contribution in [0.5, 0.6) is 0 Å². The number of rotatable bonds is 6. The number of amides is 1. The van der Waals surface area contributed by atoms with Crippen molar-refractivity contribution < 1.29 is 4.79 Å². The standard InChI is InChI=1S/C19H20N4O2S2/c1-4-9-20-16-13(17(24)22-10-7-6-8-15(22)21-16)11-14-18(25)23(12(3)5-2)19(26)27-14/h4,6-8,10-12,20H,1,5,9H2,2-3H3/b14-11-. The molecule has 0 spiro atoms. The number of hydrogen-bond acceptors (Lipinski definition) is 6. The van der Waals surface area contributed by atoms with Crippen LogP contribution < -0.4 is 10.9 Å². The van der Waals surface area contributed by atoms with Crippen LogP contribution in [0.3, 0.4) is 0 Å². The zero-order valence-electron chi connectivity index (χ0n) is 15.1. The van der Waals surface area contributed by atoms with E-state index in [1.54, 1.807) is 35.4 Å². The Balaban J connectivity index is 2.13. The Morgan fingerprint density at radius 2 is 2.19 bits per heavy atom. The molecule has 3 rings (SSSR count). The first kappa shape index (κ1) is 19.3. The van der Waals surface area contributed by atoms with Crippen molar-refractivity contribution in [1.29, 1.82) is 0 Å². The van der Waals surface area contributed by atoms with Gasteiger partial charge in [0.05, 0.1) is 10.5 Å². The monoisotopic (exact) mass is 400 g/mol. The van der Waals surface area contributed by atoms with Crippen LogP contribution >= 0.6 is 24.0 Å². The molecule has 2 aromatic heterocycles. The van der Waals surface area contributed by atoms with Crippen molar-refractivity contribution in [3.63, 3.8) is 0 Å². The van der Waals surface area contributed by atoms with Gasteiger partial charge in [-0.2, -0.15) is 0 Å². The Morgan fingerprint density at radius 3 is 2.89 bits per heavy atom. The second-order valence-electron chi connectivity index (χ2n) is 6.09. The summed E-state index contributed by atoms with van der Waals surface area (Å²) in [6.45, 7) is 8.09. The second-order valence-corrected chi connectivity index (χ2v) is 7.76. The molecular weight excluding hydrogens is 380 g/mol. The lowest BCUT2D eigenvalue weighted by molar-refractivity contribution is -0.123. The first-order chi connectivity index (χ1) is 13.0.